The van der Waals surface area contributed by atoms with Crippen molar-refractivity contribution in [1.82, 2.24) is 4.90 Å². The van der Waals surface area contributed by atoms with E-state index in [0.29, 0.717) is 5.56 Å². The number of furan rings is 1. The van der Waals surface area contributed by atoms with E-state index in [9.17, 15) is 13.2 Å². The molecule has 0 unspecified atom stereocenters. The van der Waals surface area contributed by atoms with Gasteiger partial charge < -0.3 is 9.32 Å². The smallest absolute Gasteiger partial charge is 0.289 e. The van der Waals surface area contributed by atoms with E-state index in [0.717, 1.165) is 25.7 Å². The van der Waals surface area contributed by atoms with Gasteiger partial charge in [0.2, 0.25) is 0 Å². The first kappa shape index (κ1) is 16.8. The van der Waals surface area contributed by atoms with E-state index in [1.807, 2.05) is 0 Å². The van der Waals surface area contributed by atoms with E-state index < -0.39 is 9.84 Å². The molecule has 2 aromatic rings. The van der Waals surface area contributed by atoms with E-state index in [2.05, 4.69) is 0 Å². The van der Waals surface area contributed by atoms with Gasteiger partial charge >= 0.3 is 0 Å². The molecule has 0 saturated heterocycles. The van der Waals surface area contributed by atoms with Crippen LogP contribution in [0.15, 0.2) is 52.0 Å². The Kier molecular flexibility index (Phi) is 4.76. The maximum Gasteiger partial charge on any atom is 0.289 e. The van der Waals surface area contributed by atoms with Gasteiger partial charge in [-0.2, -0.15) is 0 Å². The van der Waals surface area contributed by atoms with Crippen LogP contribution in [-0.2, 0) is 15.6 Å². The Labute approximate surface area is 142 Å². The molecular formula is C18H21NO4S. The summed E-state index contributed by atoms with van der Waals surface area (Å²) >= 11 is 0. The van der Waals surface area contributed by atoms with Crippen molar-refractivity contribution in [3.8, 4) is 0 Å². The zero-order valence-corrected chi connectivity index (χ0v) is 14.5. The topological polar surface area (TPSA) is 67.6 Å². The number of sulfone groups is 1. The molecule has 5 nitrogen and oxygen atoms in total. The van der Waals surface area contributed by atoms with Gasteiger partial charge in [-0.15, -0.1) is 0 Å². The Bertz CT molecular complexity index is 805. The van der Waals surface area contributed by atoms with E-state index in [1.165, 1.54) is 6.26 Å². The molecule has 0 atom stereocenters. The van der Waals surface area contributed by atoms with Crippen LogP contribution in [0, 0.1) is 0 Å². The summed E-state index contributed by atoms with van der Waals surface area (Å²) in [5.41, 5.74) is 0.411. The Hall–Kier alpha value is -2.08. The minimum absolute atomic E-state index is 0.129. The van der Waals surface area contributed by atoms with Gasteiger partial charge in [0.05, 0.1) is 16.9 Å². The molecule has 1 aliphatic rings. The molecule has 128 valence electrons. The van der Waals surface area contributed by atoms with Crippen molar-refractivity contribution in [3.05, 3.63) is 54.0 Å². The lowest BCUT2D eigenvalue weighted by molar-refractivity contribution is 0.0702. The summed E-state index contributed by atoms with van der Waals surface area (Å²) in [5, 5.41) is 0. The van der Waals surface area contributed by atoms with E-state index in [4.69, 9.17) is 4.42 Å². The minimum atomic E-state index is -3.51. The van der Waals surface area contributed by atoms with Crippen molar-refractivity contribution in [3.63, 3.8) is 0 Å². The highest BCUT2D eigenvalue weighted by Gasteiger charge is 2.29. The van der Waals surface area contributed by atoms with Crippen LogP contribution in [0.25, 0.3) is 0 Å². The summed E-state index contributed by atoms with van der Waals surface area (Å²) in [6, 6.07) is 10.0. The Morgan fingerprint density at radius 2 is 1.83 bits per heavy atom. The molecule has 24 heavy (non-hydrogen) atoms. The fraction of sp³-hybridized carbons (Fsp3) is 0.389. The van der Waals surface area contributed by atoms with Gasteiger partial charge in [0.15, 0.2) is 15.6 Å². The molecule has 0 spiro atoms. The summed E-state index contributed by atoms with van der Waals surface area (Å²) in [6.45, 7) is 0. The van der Waals surface area contributed by atoms with Crippen molar-refractivity contribution in [1.29, 1.82) is 0 Å². The predicted octanol–water partition coefficient (Wildman–Crippen LogP) is 3.27. The van der Waals surface area contributed by atoms with E-state index in [-0.39, 0.29) is 28.4 Å². The first-order valence-corrected chi connectivity index (χ1v) is 9.75. The third-order valence-corrected chi connectivity index (χ3v) is 6.26. The average Bonchev–Trinajstić information content (AvgIpc) is 3.25. The van der Waals surface area contributed by atoms with E-state index in [1.54, 1.807) is 48.3 Å². The lowest BCUT2D eigenvalue weighted by atomic mass is 10.2. The molecule has 1 aliphatic carbocycles. The number of hydrogen-bond acceptors (Lipinski definition) is 4. The third-order valence-electron chi connectivity index (χ3n) is 4.58. The van der Waals surface area contributed by atoms with Crippen molar-refractivity contribution in [2.24, 2.45) is 0 Å². The number of hydrogen-bond donors (Lipinski definition) is 0. The zero-order chi connectivity index (χ0) is 17.2. The fourth-order valence-electron chi connectivity index (χ4n) is 3.17. The lowest BCUT2D eigenvalue weighted by Gasteiger charge is -2.23. The summed E-state index contributed by atoms with van der Waals surface area (Å²) in [4.78, 5) is 14.6. The molecule has 1 heterocycles. The van der Waals surface area contributed by atoms with Gasteiger partial charge in [0, 0.05) is 18.7 Å². The SMILES string of the molecule is CN(C(=O)c1occc1CS(=O)(=O)c1ccccc1)C1CCCC1. The summed E-state index contributed by atoms with van der Waals surface area (Å²) in [5.74, 6) is -0.360. The second-order valence-electron chi connectivity index (χ2n) is 6.20. The second-order valence-corrected chi connectivity index (χ2v) is 8.19. The maximum atomic E-state index is 12.7. The van der Waals surface area contributed by atoms with Crippen LogP contribution < -0.4 is 0 Å². The summed E-state index contributed by atoms with van der Waals surface area (Å²) < 4.78 is 30.4. The molecule has 3 rings (SSSR count). The summed E-state index contributed by atoms with van der Waals surface area (Å²) in [6.07, 6.45) is 5.60. The standard InChI is InChI=1S/C18H21NO4S/c1-19(15-7-5-6-8-15)18(20)17-14(11-12-23-17)13-24(21,22)16-9-3-2-4-10-16/h2-4,9-12,15H,5-8,13H2,1H3. The van der Waals surface area contributed by atoms with Gasteiger partial charge in [-0.05, 0) is 31.0 Å². The van der Waals surface area contributed by atoms with Crippen LogP contribution in [0.1, 0.15) is 41.8 Å². The van der Waals surface area contributed by atoms with Crippen molar-refractivity contribution < 1.29 is 17.6 Å². The Morgan fingerprint density at radius 3 is 2.50 bits per heavy atom. The molecule has 0 radical (unpaired) electrons. The largest absolute Gasteiger partial charge is 0.459 e. The molecule has 6 heteroatoms. The molecule has 0 bridgehead atoms. The number of carbonyl (C=O) groups excluding carboxylic acids is 1. The number of benzene rings is 1. The van der Waals surface area contributed by atoms with Crippen LogP contribution in [0.4, 0.5) is 0 Å². The Morgan fingerprint density at radius 1 is 1.17 bits per heavy atom. The molecule has 1 aromatic carbocycles. The molecule has 0 N–H and O–H groups in total. The number of carbonyl (C=O) groups is 1. The van der Waals surface area contributed by atoms with Crippen molar-refractivity contribution in [2.45, 2.75) is 42.4 Å². The number of rotatable bonds is 5. The zero-order valence-electron chi connectivity index (χ0n) is 13.6. The quantitative estimate of drug-likeness (QED) is 0.832. The van der Waals surface area contributed by atoms with Crippen molar-refractivity contribution in [2.75, 3.05) is 7.05 Å². The molecule has 1 amide bonds. The van der Waals surface area contributed by atoms with Gasteiger partial charge in [-0.1, -0.05) is 31.0 Å². The highest BCUT2D eigenvalue weighted by Crippen LogP contribution is 2.26. The minimum Gasteiger partial charge on any atom is -0.459 e. The number of nitrogens with zero attached hydrogens (tertiary/aromatic N) is 1. The van der Waals surface area contributed by atoms with Crippen LogP contribution in [0.5, 0.6) is 0 Å². The average molecular weight is 347 g/mol. The van der Waals surface area contributed by atoms with Gasteiger partial charge in [-0.25, -0.2) is 8.42 Å². The molecule has 1 aromatic heterocycles. The third kappa shape index (κ3) is 3.38. The van der Waals surface area contributed by atoms with Gasteiger partial charge in [0.1, 0.15) is 0 Å². The first-order chi connectivity index (χ1) is 11.5. The van der Waals surface area contributed by atoms with Gasteiger partial charge in [0.25, 0.3) is 5.91 Å². The highest BCUT2D eigenvalue weighted by molar-refractivity contribution is 7.90. The molecule has 0 aliphatic heterocycles. The van der Waals surface area contributed by atoms with Crippen LogP contribution in [-0.4, -0.2) is 32.3 Å². The predicted molar refractivity (Wildman–Crippen MR) is 90.4 cm³/mol. The molecule has 1 saturated carbocycles. The van der Waals surface area contributed by atoms with Crippen LogP contribution in [0.3, 0.4) is 0 Å². The summed E-state index contributed by atoms with van der Waals surface area (Å²) in [7, 11) is -1.75. The van der Waals surface area contributed by atoms with E-state index >= 15 is 0 Å². The van der Waals surface area contributed by atoms with Crippen LogP contribution in [0.2, 0.25) is 0 Å². The fourth-order valence-corrected chi connectivity index (χ4v) is 4.55. The highest BCUT2D eigenvalue weighted by atomic mass is 32.2. The second kappa shape index (κ2) is 6.81. The molecular weight excluding hydrogens is 326 g/mol. The van der Waals surface area contributed by atoms with Gasteiger partial charge in [-0.3, -0.25) is 4.79 Å². The maximum absolute atomic E-state index is 12.7. The molecule has 1 fully saturated rings. The Balaban J connectivity index is 1.81. The lowest BCUT2D eigenvalue weighted by Crippen LogP contribution is -2.35. The monoisotopic (exact) mass is 347 g/mol. The van der Waals surface area contributed by atoms with Crippen molar-refractivity contribution >= 4 is 15.7 Å². The normalized spacial score (nSPS) is 15.5. The number of amides is 1. The van der Waals surface area contributed by atoms with Crippen LogP contribution >= 0.6 is 0 Å². The first-order valence-electron chi connectivity index (χ1n) is 8.10.